The number of aryl methyl sites for hydroxylation is 2. The van der Waals surface area contributed by atoms with Crippen LogP contribution in [0.1, 0.15) is 29.1 Å². The molecule has 0 radical (unpaired) electrons. The SMILES string of the molecule is CN(CCCOc1ccc(F)cc1)Cc1nc2sc3c(c2c(=O)[nH]1)CCC3. The fourth-order valence-corrected chi connectivity index (χ4v) is 4.79. The van der Waals surface area contributed by atoms with E-state index in [2.05, 4.69) is 14.9 Å². The first-order chi connectivity index (χ1) is 13.1. The van der Waals surface area contributed by atoms with Crippen molar-refractivity contribution in [3.8, 4) is 5.75 Å². The summed E-state index contributed by atoms with van der Waals surface area (Å²) in [5.41, 5.74) is 1.20. The molecule has 0 saturated carbocycles. The maximum atomic E-state index is 12.9. The van der Waals surface area contributed by atoms with Crippen molar-refractivity contribution < 1.29 is 9.13 Å². The number of hydrogen-bond donors (Lipinski definition) is 1. The van der Waals surface area contributed by atoms with Gasteiger partial charge in [-0.3, -0.25) is 9.69 Å². The van der Waals surface area contributed by atoms with Crippen LogP contribution in [0.5, 0.6) is 5.75 Å². The minimum Gasteiger partial charge on any atom is -0.494 e. The summed E-state index contributed by atoms with van der Waals surface area (Å²) in [5, 5.41) is 0.798. The highest BCUT2D eigenvalue weighted by Crippen LogP contribution is 2.34. The molecule has 0 fully saturated rings. The summed E-state index contributed by atoms with van der Waals surface area (Å²) in [6, 6.07) is 6.03. The Balaban J connectivity index is 1.32. The van der Waals surface area contributed by atoms with Crippen LogP contribution >= 0.6 is 11.3 Å². The highest BCUT2D eigenvalue weighted by molar-refractivity contribution is 7.18. The number of halogens is 1. The molecule has 3 aromatic rings. The molecule has 27 heavy (non-hydrogen) atoms. The molecule has 2 aromatic heterocycles. The van der Waals surface area contributed by atoms with Crippen molar-refractivity contribution in [1.82, 2.24) is 14.9 Å². The smallest absolute Gasteiger partial charge is 0.259 e. The second kappa shape index (κ2) is 7.78. The van der Waals surface area contributed by atoms with Crippen molar-refractivity contribution >= 4 is 21.6 Å². The Bertz CT molecular complexity index is 997. The molecule has 0 atom stereocenters. The molecule has 0 amide bonds. The average Bonchev–Trinajstić information content (AvgIpc) is 3.21. The topological polar surface area (TPSA) is 58.2 Å². The Labute approximate surface area is 160 Å². The molecule has 1 N–H and O–H groups in total. The van der Waals surface area contributed by atoms with Crippen LogP contribution < -0.4 is 10.3 Å². The zero-order valence-electron chi connectivity index (χ0n) is 15.3. The lowest BCUT2D eigenvalue weighted by atomic mass is 10.2. The van der Waals surface area contributed by atoms with Crippen LogP contribution in [0, 0.1) is 5.82 Å². The summed E-state index contributed by atoms with van der Waals surface area (Å²) in [5.74, 6) is 1.10. The lowest BCUT2D eigenvalue weighted by Gasteiger charge is -2.16. The summed E-state index contributed by atoms with van der Waals surface area (Å²) < 4.78 is 18.5. The van der Waals surface area contributed by atoms with Crippen molar-refractivity contribution in [2.75, 3.05) is 20.2 Å². The summed E-state index contributed by atoms with van der Waals surface area (Å²) in [4.78, 5) is 24.4. The Morgan fingerprint density at radius 3 is 2.93 bits per heavy atom. The molecule has 0 unspecified atom stereocenters. The lowest BCUT2D eigenvalue weighted by molar-refractivity contribution is 0.255. The van der Waals surface area contributed by atoms with Crippen LogP contribution in [0.15, 0.2) is 29.1 Å². The van der Waals surface area contributed by atoms with Crippen LogP contribution in [-0.2, 0) is 19.4 Å². The van der Waals surface area contributed by atoms with Crippen LogP contribution in [0.3, 0.4) is 0 Å². The number of ether oxygens (including phenoxy) is 1. The van der Waals surface area contributed by atoms with Gasteiger partial charge in [0.2, 0.25) is 0 Å². The van der Waals surface area contributed by atoms with Gasteiger partial charge in [0.25, 0.3) is 5.56 Å². The molecule has 1 aliphatic rings. The molecule has 2 heterocycles. The van der Waals surface area contributed by atoms with Gasteiger partial charge < -0.3 is 9.72 Å². The number of rotatable bonds is 7. The van der Waals surface area contributed by atoms with E-state index in [1.165, 1.54) is 22.6 Å². The fourth-order valence-electron chi connectivity index (χ4n) is 3.51. The molecule has 1 aliphatic carbocycles. The molecule has 0 bridgehead atoms. The van der Waals surface area contributed by atoms with E-state index in [1.54, 1.807) is 23.5 Å². The number of H-pyrrole nitrogens is 1. The van der Waals surface area contributed by atoms with Crippen molar-refractivity contribution in [3.63, 3.8) is 0 Å². The van der Waals surface area contributed by atoms with Crippen molar-refractivity contribution in [2.45, 2.75) is 32.2 Å². The van der Waals surface area contributed by atoms with E-state index < -0.39 is 0 Å². The number of aromatic nitrogens is 2. The van der Waals surface area contributed by atoms with Gasteiger partial charge in [-0.25, -0.2) is 9.37 Å². The third kappa shape index (κ3) is 4.04. The number of thiophene rings is 1. The second-order valence-electron chi connectivity index (χ2n) is 6.94. The summed E-state index contributed by atoms with van der Waals surface area (Å²) >= 11 is 1.67. The maximum Gasteiger partial charge on any atom is 0.259 e. The van der Waals surface area contributed by atoms with E-state index in [9.17, 15) is 9.18 Å². The lowest BCUT2D eigenvalue weighted by Crippen LogP contribution is -2.24. The van der Waals surface area contributed by atoms with Gasteiger partial charge in [0.05, 0.1) is 18.5 Å². The molecule has 1 aromatic carbocycles. The molecule has 0 aliphatic heterocycles. The van der Waals surface area contributed by atoms with Crippen molar-refractivity contribution in [1.29, 1.82) is 0 Å². The van der Waals surface area contributed by atoms with Crippen LogP contribution in [0.2, 0.25) is 0 Å². The van der Waals surface area contributed by atoms with Crippen molar-refractivity contribution in [3.05, 3.63) is 56.7 Å². The first-order valence-electron chi connectivity index (χ1n) is 9.20. The molecule has 4 rings (SSSR count). The monoisotopic (exact) mass is 387 g/mol. The third-order valence-corrected chi connectivity index (χ3v) is 6.00. The average molecular weight is 387 g/mol. The predicted molar refractivity (Wildman–Crippen MR) is 105 cm³/mol. The minimum absolute atomic E-state index is 0.0116. The van der Waals surface area contributed by atoms with Gasteiger partial charge in [0.15, 0.2) is 0 Å². The Kier molecular flexibility index (Phi) is 5.22. The molecule has 7 heteroatoms. The van der Waals surface area contributed by atoms with E-state index in [1.807, 2.05) is 7.05 Å². The number of benzene rings is 1. The quantitative estimate of drug-likeness (QED) is 0.631. The highest BCUT2D eigenvalue weighted by Gasteiger charge is 2.21. The summed E-state index contributed by atoms with van der Waals surface area (Å²) in [6.45, 7) is 1.95. The van der Waals surface area contributed by atoms with Gasteiger partial charge in [0.1, 0.15) is 22.2 Å². The van der Waals surface area contributed by atoms with E-state index in [0.29, 0.717) is 24.7 Å². The van der Waals surface area contributed by atoms with Gasteiger partial charge >= 0.3 is 0 Å². The number of aromatic amines is 1. The van der Waals surface area contributed by atoms with Gasteiger partial charge in [-0.05, 0) is 62.6 Å². The number of nitrogens with one attached hydrogen (secondary N) is 1. The third-order valence-electron chi connectivity index (χ3n) is 4.81. The Hall–Kier alpha value is -2.25. The van der Waals surface area contributed by atoms with Gasteiger partial charge in [-0.2, -0.15) is 0 Å². The number of nitrogens with zero attached hydrogens (tertiary/aromatic N) is 2. The summed E-state index contributed by atoms with van der Waals surface area (Å²) in [6.07, 6.45) is 4.03. The maximum absolute atomic E-state index is 12.9. The standard InChI is InChI=1S/C20H22FN3O2S/c1-24(10-3-11-26-14-8-6-13(21)7-9-14)12-17-22-19(25)18-15-4-2-5-16(15)27-20(18)23-17/h6-9H,2-5,10-12H2,1H3,(H,22,23,25). The normalized spacial score (nSPS) is 13.4. The molecular weight excluding hydrogens is 365 g/mol. The first kappa shape index (κ1) is 18.1. The van der Waals surface area contributed by atoms with Crippen LogP contribution in [-0.4, -0.2) is 35.1 Å². The van der Waals surface area contributed by atoms with Crippen LogP contribution in [0.25, 0.3) is 10.2 Å². The Morgan fingerprint density at radius 1 is 1.30 bits per heavy atom. The van der Waals surface area contributed by atoms with E-state index in [0.717, 1.165) is 42.4 Å². The zero-order chi connectivity index (χ0) is 18.8. The van der Waals surface area contributed by atoms with E-state index in [4.69, 9.17) is 4.74 Å². The Morgan fingerprint density at radius 2 is 2.11 bits per heavy atom. The number of fused-ring (bicyclic) bond motifs is 3. The fraction of sp³-hybridized carbons (Fsp3) is 0.400. The highest BCUT2D eigenvalue weighted by atomic mass is 32.1. The van der Waals surface area contributed by atoms with E-state index in [-0.39, 0.29) is 11.4 Å². The van der Waals surface area contributed by atoms with E-state index >= 15 is 0 Å². The van der Waals surface area contributed by atoms with Gasteiger partial charge in [-0.1, -0.05) is 0 Å². The largest absolute Gasteiger partial charge is 0.494 e. The zero-order valence-corrected chi connectivity index (χ0v) is 16.1. The number of hydrogen-bond acceptors (Lipinski definition) is 5. The first-order valence-corrected chi connectivity index (χ1v) is 10.0. The van der Waals surface area contributed by atoms with Crippen LogP contribution in [0.4, 0.5) is 4.39 Å². The molecule has 142 valence electrons. The summed E-state index contributed by atoms with van der Waals surface area (Å²) in [7, 11) is 2.00. The second-order valence-corrected chi connectivity index (χ2v) is 8.03. The van der Waals surface area contributed by atoms with Gasteiger partial charge in [-0.15, -0.1) is 11.3 Å². The molecule has 0 saturated heterocycles. The predicted octanol–water partition coefficient (Wildman–Crippen LogP) is 3.51. The minimum atomic E-state index is -0.267. The molecule has 0 spiro atoms. The molecule has 5 nitrogen and oxygen atoms in total. The van der Waals surface area contributed by atoms with Gasteiger partial charge in [0, 0.05) is 11.4 Å². The van der Waals surface area contributed by atoms with Crippen molar-refractivity contribution in [2.24, 2.45) is 0 Å². The molecular formula is C20H22FN3O2S.